The van der Waals surface area contributed by atoms with Crippen molar-refractivity contribution < 1.29 is 0 Å². The van der Waals surface area contributed by atoms with E-state index < -0.39 is 0 Å². The van der Waals surface area contributed by atoms with Crippen molar-refractivity contribution in [2.45, 2.75) is 39.5 Å². The third kappa shape index (κ3) is 3.20. The van der Waals surface area contributed by atoms with Gasteiger partial charge in [0.15, 0.2) is 0 Å². The van der Waals surface area contributed by atoms with Crippen LogP contribution in [-0.2, 0) is 0 Å². The molecule has 25 heavy (non-hydrogen) atoms. The Morgan fingerprint density at radius 3 is 2.56 bits per heavy atom. The fraction of sp³-hybridized carbons (Fsp3) is 0.571. The van der Waals surface area contributed by atoms with Crippen LogP contribution in [0.25, 0.3) is 11.3 Å². The predicted molar refractivity (Wildman–Crippen MR) is 104 cm³/mol. The van der Waals surface area contributed by atoms with E-state index in [2.05, 4.69) is 58.9 Å². The summed E-state index contributed by atoms with van der Waals surface area (Å²) >= 11 is 0. The molecule has 1 aliphatic carbocycles. The number of hydrogen-bond donors (Lipinski definition) is 3. The van der Waals surface area contributed by atoms with Crippen molar-refractivity contribution in [2.24, 2.45) is 16.7 Å². The first-order valence-corrected chi connectivity index (χ1v) is 9.65. The number of aromatic amines is 1. The van der Waals surface area contributed by atoms with Crippen LogP contribution in [0.2, 0.25) is 0 Å². The van der Waals surface area contributed by atoms with Crippen molar-refractivity contribution in [3.8, 4) is 11.3 Å². The van der Waals surface area contributed by atoms with Crippen LogP contribution >= 0.6 is 0 Å². The van der Waals surface area contributed by atoms with Crippen LogP contribution < -0.4 is 10.6 Å². The Morgan fingerprint density at radius 1 is 1.12 bits per heavy atom. The summed E-state index contributed by atoms with van der Waals surface area (Å²) in [7, 11) is 0. The van der Waals surface area contributed by atoms with Gasteiger partial charge in [0.05, 0.1) is 5.69 Å². The summed E-state index contributed by atoms with van der Waals surface area (Å²) in [5.41, 5.74) is 4.51. The number of rotatable bonds is 6. The monoisotopic (exact) mass is 338 g/mol. The maximum Gasteiger partial charge on any atom is 0.0650 e. The lowest BCUT2D eigenvalue weighted by Gasteiger charge is -2.32. The van der Waals surface area contributed by atoms with Gasteiger partial charge in [-0.1, -0.05) is 26.0 Å². The van der Waals surface area contributed by atoms with Gasteiger partial charge in [-0.15, -0.1) is 0 Å². The average Bonchev–Trinajstić information content (AvgIpc) is 3.01. The third-order valence-electron chi connectivity index (χ3n) is 6.95. The Bertz CT molecular complexity index is 687. The van der Waals surface area contributed by atoms with Crippen LogP contribution in [0.4, 0.5) is 5.69 Å². The van der Waals surface area contributed by atoms with E-state index in [9.17, 15) is 0 Å². The molecule has 1 aromatic carbocycles. The molecule has 1 saturated carbocycles. The first kappa shape index (κ1) is 16.6. The SMILES string of the molecule is C[C@@]1(CCNc2ccc(-c3ccn[nH]3)cc2)C[C@]1(C)C1CCNCC1. The third-order valence-corrected chi connectivity index (χ3v) is 6.95. The fourth-order valence-electron chi connectivity index (χ4n) is 4.90. The Balaban J connectivity index is 1.29. The van der Waals surface area contributed by atoms with Gasteiger partial charge in [0.2, 0.25) is 0 Å². The smallest absolute Gasteiger partial charge is 0.0650 e. The Morgan fingerprint density at radius 2 is 1.88 bits per heavy atom. The zero-order valence-corrected chi connectivity index (χ0v) is 15.4. The van der Waals surface area contributed by atoms with Crippen LogP contribution in [0.5, 0.6) is 0 Å². The molecule has 2 heterocycles. The Hall–Kier alpha value is -1.81. The molecule has 2 fully saturated rings. The summed E-state index contributed by atoms with van der Waals surface area (Å²) in [6, 6.07) is 10.6. The van der Waals surface area contributed by atoms with Gasteiger partial charge in [-0.25, -0.2) is 0 Å². The number of nitrogens with one attached hydrogen (secondary N) is 3. The van der Waals surface area contributed by atoms with E-state index in [1.165, 1.54) is 50.0 Å². The molecule has 4 heteroatoms. The van der Waals surface area contributed by atoms with Gasteiger partial charge in [-0.05, 0) is 79.3 Å². The van der Waals surface area contributed by atoms with Gasteiger partial charge in [0.1, 0.15) is 0 Å². The molecule has 0 spiro atoms. The zero-order valence-electron chi connectivity index (χ0n) is 15.4. The Labute approximate surface area is 150 Å². The highest BCUT2D eigenvalue weighted by Crippen LogP contribution is 2.70. The molecule has 2 aromatic rings. The molecule has 0 radical (unpaired) electrons. The second kappa shape index (κ2) is 6.49. The maximum atomic E-state index is 4.01. The van der Waals surface area contributed by atoms with E-state index in [-0.39, 0.29) is 0 Å². The molecule has 2 aliphatic rings. The minimum atomic E-state index is 0.512. The number of nitrogens with zero attached hydrogens (tertiary/aromatic N) is 1. The summed E-state index contributed by atoms with van der Waals surface area (Å²) in [4.78, 5) is 0. The van der Waals surface area contributed by atoms with Crippen LogP contribution in [0, 0.1) is 16.7 Å². The summed E-state index contributed by atoms with van der Waals surface area (Å²) in [6.45, 7) is 8.50. The van der Waals surface area contributed by atoms with Crippen molar-refractivity contribution in [3.63, 3.8) is 0 Å². The number of anilines is 1. The fourth-order valence-corrected chi connectivity index (χ4v) is 4.90. The van der Waals surface area contributed by atoms with Crippen LogP contribution in [0.15, 0.2) is 36.5 Å². The molecule has 0 amide bonds. The largest absolute Gasteiger partial charge is 0.385 e. The highest BCUT2D eigenvalue weighted by molar-refractivity contribution is 5.62. The van der Waals surface area contributed by atoms with Gasteiger partial charge in [-0.3, -0.25) is 5.10 Å². The van der Waals surface area contributed by atoms with Crippen LogP contribution in [-0.4, -0.2) is 29.8 Å². The van der Waals surface area contributed by atoms with Gasteiger partial charge >= 0.3 is 0 Å². The van der Waals surface area contributed by atoms with Crippen molar-refractivity contribution in [1.29, 1.82) is 0 Å². The van der Waals surface area contributed by atoms with Crippen molar-refractivity contribution in [3.05, 3.63) is 36.5 Å². The quantitative estimate of drug-likeness (QED) is 0.736. The topological polar surface area (TPSA) is 52.7 Å². The highest BCUT2D eigenvalue weighted by Gasteiger charge is 2.63. The number of hydrogen-bond acceptors (Lipinski definition) is 3. The molecule has 0 unspecified atom stereocenters. The summed E-state index contributed by atoms with van der Waals surface area (Å²) in [5.74, 6) is 0.910. The standard InChI is InChI=1S/C21H30N4/c1-20(15-21(20,2)17-7-11-22-12-8-17)10-14-23-18-5-3-16(4-6-18)19-9-13-24-25-19/h3-6,9,13,17,22-23H,7-8,10-12,14-15H2,1-2H3,(H,24,25)/t20-,21-/m1/s1. The molecule has 0 bridgehead atoms. The van der Waals surface area contributed by atoms with E-state index in [4.69, 9.17) is 0 Å². The van der Waals surface area contributed by atoms with Gasteiger partial charge in [0.25, 0.3) is 0 Å². The number of aromatic nitrogens is 2. The highest BCUT2D eigenvalue weighted by atomic mass is 15.1. The molecule has 1 aromatic heterocycles. The predicted octanol–water partition coefficient (Wildman–Crippen LogP) is 4.29. The lowest BCUT2D eigenvalue weighted by molar-refractivity contribution is 0.201. The molecule has 134 valence electrons. The average molecular weight is 338 g/mol. The minimum Gasteiger partial charge on any atom is -0.385 e. The molecule has 4 rings (SSSR count). The lowest BCUT2D eigenvalue weighted by atomic mass is 9.77. The van der Waals surface area contributed by atoms with E-state index in [1.807, 2.05) is 6.07 Å². The van der Waals surface area contributed by atoms with Crippen molar-refractivity contribution in [1.82, 2.24) is 15.5 Å². The van der Waals surface area contributed by atoms with E-state index in [1.54, 1.807) is 6.20 Å². The molecular weight excluding hydrogens is 308 g/mol. The molecular formula is C21H30N4. The maximum absolute atomic E-state index is 4.01. The van der Waals surface area contributed by atoms with Crippen LogP contribution in [0.3, 0.4) is 0 Å². The van der Waals surface area contributed by atoms with Crippen LogP contribution in [0.1, 0.15) is 39.5 Å². The van der Waals surface area contributed by atoms with E-state index >= 15 is 0 Å². The van der Waals surface area contributed by atoms with E-state index in [0.717, 1.165) is 18.2 Å². The summed E-state index contributed by atoms with van der Waals surface area (Å²) < 4.78 is 0. The second-order valence-electron chi connectivity index (χ2n) is 8.40. The first-order valence-electron chi connectivity index (χ1n) is 9.65. The summed E-state index contributed by atoms with van der Waals surface area (Å²) in [6.07, 6.45) is 7.15. The van der Waals surface area contributed by atoms with Crippen molar-refractivity contribution in [2.75, 3.05) is 25.0 Å². The zero-order chi connectivity index (χ0) is 17.3. The molecule has 4 nitrogen and oxygen atoms in total. The molecule has 3 N–H and O–H groups in total. The lowest BCUT2D eigenvalue weighted by Crippen LogP contribution is -2.33. The van der Waals surface area contributed by atoms with Gasteiger partial charge < -0.3 is 10.6 Å². The number of benzene rings is 1. The van der Waals surface area contributed by atoms with Crippen molar-refractivity contribution >= 4 is 5.69 Å². The van der Waals surface area contributed by atoms with Gasteiger partial charge in [0, 0.05) is 18.4 Å². The number of H-pyrrole nitrogens is 1. The second-order valence-corrected chi connectivity index (χ2v) is 8.40. The molecule has 1 aliphatic heterocycles. The number of piperidine rings is 1. The minimum absolute atomic E-state index is 0.512. The van der Waals surface area contributed by atoms with E-state index in [0.29, 0.717) is 10.8 Å². The molecule has 1 saturated heterocycles. The van der Waals surface area contributed by atoms with Gasteiger partial charge in [-0.2, -0.15) is 5.10 Å². The normalized spacial score (nSPS) is 29.5. The Kier molecular flexibility index (Phi) is 4.32. The summed E-state index contributed by atoms with van der Waals surface area (Å²) in [5, 5.41) is 14.1. The molecule has 2 atom stereocenters. The first-order chi connectivity index (χ1) is 12.1.